The first-order valence-corrected chi connectivity index (χ1v) is 5.29. The Labute approximate surface area is 95.0 Å². The van der Waals surface area contributed by atoms with Crippen molar-refractivity contribution >= 4 is 11.6 Å². The molecule has 0 radical (unpaired) electrons. The van der Waals surface area contributed by atoms with Gasteiger partial charge in [0.05, 0.1) is 5.69 Å². The second-order valence-corrected chi connectivity index (χ2v) is 3.92. The van der Waals surface area contributed by atoms with Gasteiger partial charge >= 0.3 is 0 Å². The van der Waals surface area contributed by atoms with Crippen LogP contribution in [0.3, 0.4) is 0 Å². The van der Waals surface area contributed by atoms with E-state index in [0.717, 1.165) is 0 Å². The number of nitrogens with two attached hydrogens (primary N) is 1. The van der Waals surface area contributed by atoms with Crippen LogP contribution in [0.4, 0.5) is 10.1 Å². The fraction of sp³-hybridized carbons (Fsp3) is 0.417. The van der Waals surface area contributed by atoms with Gasteiger partial charge in [0.2, 0.25) is 5.91 Å². The van der Waals surface area contributed by atoms with Crippen molar-refractivity contribution in [3.8, 4) is 0 Å². The van der Waals surface area contributed by atoms with Crippen LogP contribution in [0.2, 0.25) is 0 Å². The summed E-state index contributed by atoms with van der Waals surface area (Å²) >= 11 is 0. The molecular formula is C12H17FN2O. The first kappa shape index (κ1) is 12.6. The van der Waals surface area contributed by atoms with Crippen LogP contribution >= 0.6 is 0 Å². The van der Waals surface area contributed by atoms with Crippen LogP contribution in [-0.2, 0) is 4.79 Å². The number of hydrogen-bond acceptors (Lipinski definition) is 2. The maximum absolute atomic E-state index is 13.4. The average Bonchev–Trinajstić information content (AvgIpc) is 2.25. The summed E-state index contributed by atoms with van der Waals surface area (Å²) in [4.78, 5) is 13.0. The van der Waals surface area contributed by atoms with E-state index in [1.165, 1.54) is 11.0 Å². The fourth-order valence-electron chi connectivity index (χ4n) is 1.38. The van der Waals surface area contributed by atoms with Crippen LogP contribution in [0.1, 0.15) is 19.8 Å². The molecule has 2 N–H and O–H groups in total. The quantitative estimate of drug-likeness (QED) is 0.849. The zero-order valence-electron chi connectivity index (χ0n) is 9.61. The molecule has 3 nitrogen and oxygen atoms in total. The Hall–Kier alpha value is -1.42. The Morgan fingerprint density at radius 3 is 2.69 bits per heavy atom. The highest BCUT2D eigenvalue weighted by atomic mass is 19.1. The van der Waals surface area contributed by atoms with E-state index in [4.69, 9.17) is 5.73 Å². The van der Waals surface area contributed by atoms with Gasteiger partial charge < -0.3 is 10.6 Å². The van der Waals surface area contributed by atoms with Gasteiger partial charge in [-0.3, -0.25) is 4.79 Å². The lowest BCUT2D eigenvalue weighted by molar-refractivity contribution is -0.118. The van der Waals surface area contributed by atoms with Gasteiger partial charge in [-0.1, -0.05) is 12.1 Å². The van der Waals surface area contributed by atoms with E-state index in [-0.39, 0.29) is 17.8 Å². The fourth-order valence-corrected chi connectivity index (χ4v) is 1.38. The summed E-state index contributed by atoms with van der Waals surface area (Å²) < 4.78 is 13.4. The first-order valence-electron chi connectivity index (χ1n) is 5.29. The van der Waals surface area contributed by atoms with Crippen LogP contribution in [-0.4, -0.2) is 19.0 Å². The van der Waals surface area contributed by atoms with Gasteiger partial charge in [0, 0.05) is 19.5 Å². The van der Waals surface area contributed by atoms with Crippen LogP contribution < -0.4 is 10.6 Å². The molecule has 0 heterocycles. The van der Waals surface area contributed by atoms with Crippen molar-refractivity contribution in [1.82, 2.24) is 0 Å². The Kier molecular flexibility index (Phi) is 4.43. The van der Waals surface area contributed by atoms with E-state index in [9.17, 15) is 9.18 Å². The van der Waals surface area contributed by atoms with Crippen molar-refractivity contribution in [3.63, 3.8) is 0 Å². The highest BCUT2D eigenvalue weighted by molar-refractivity contribution is 5.92. The van der Waals surface area contributed by atoms with E-state index in [2.05, 4.69) is 0 Å². The molecule has 1 rings (SSSR count). The van der Waals surface area contributed by atoms with Gasteiger partial charge in [-0.05, 0) is 25.5 Å². The minimum absolute atomic E-state index is 0.0158. The summed E-state index contributed by atoms with van der Waals surface area (Å²) in [5.41, 5.74) is 5.87. The Bertz CT molecular complexity index is 366. The number of para-hydroxylation sites is 1. The van der Waals surface area contributed by atoms with Crippen molar-refractivity contribution in [2.45, 2.75) is 25.8 Å². The molecule has 0 aliphatic carbocycles. The van der Waals surface area contributed by atoms with Crippen molar-refractivity contribution < 1.29 is 9.18 Å². The summed E-state index contributed by atoms with van der Waals surface area (Å²) in [5, 5.41) is 0. The smallest absolute Gasteiger partial charge is 0.226 e. The van der Waals surface area contributed by atoms with Crippen molar-refractivity contribution in [2.75, 3.05) is 11.9 Å². The summed E-state index contributed by atoms with van der Waals surface area (Å²) in [7, 11) is 1.57. The number of anilines is 1. The molecule has 0 aliphatic rings. The number of nitrogens with zero attached hydrogens (tertiary/aromatic N) is 1. The molecule has 0 saturated heterocycles. The van der Waals surface area contributed by atoms with Crippen molar-refractivity contribution in [1.29, 1.82) is 0 Å². The van der Waals surface area contributed by atoms with E-state index < -0.39 is 0 Å². The van der Waals surface area contributed by atoms with Crippen LogP contribution in [0, 0.1) is 5.82 Å². The third-order valence-electron chi connectivity index (χ3n) is 2.40. The third-order valence-corrected chi connectivity index (χ3v) is 2.40. The summed E-state index contributed by atoms with van der Waals surface area (Å²) in [6.45, 7) is 1.84. The first-order chi connectivity index (χ1) is 7.52. The van der Waals surface area contributed by atoms with Gasteiger partial charge in [-0.15, -0.1) is 0 Å². The number of carbonyl (C=O) groups excluding carboxylic acids is 1. The number of hydrogen-bond donors (Lipinski definition) is 1. The Morgan fingerprint density at radius 1 is 1.50 bits per heavy atom. The molecule has 0 bridgehead atoms. The molecule has 4 heteroatoms. The second-order valence-electron chi connectivity index (χ2n) is 3.92. The molecule has 88 valence electrons. The van der Waals surface area contributed by atoms with Gasteiger partial charge in [0.15, 0.2) is 0 Å². The number of benzene rings is 1. The number of halogens is 1. The lowest BCUT2D eigenvalue weighted by Crippen LogP contribution is -2.28. The minimum atomic E-state index is -0.390. The molecule has 1 unspecified atom stereocenters. The molecule has 0 aliphatic heterocycles. The minimum Gasteiger partial charge on any atom is -0.328 e. The normalized spacial score (nSPS) is 12.2. The maximum atomic E-state index is 13.4. The lowest BCUT2D eigenvalue weighted by Gasteiger charge is -2.18. The average molecular weight is 224 g/mol. The zero-order valence-corrected chi connectivity index (χ0v) is 9.61. The van der Waals surface area contributed by atoms with E-state index in [0.29, 0.717) is 18.5 Å². The molecule has 0 saturated carbocycles. The number of amides is 1. The number of carbonyl (C=O) groups is 1. The molecule has 0 aromatic heterocycles. The van der Waals surface area contributed by atoms with E-state index in [1.54, 1.807) is 25.2 Å². The molecule has 1 atom stereocenters. The third kappa shape index (κ3) is 3.31. The molecule has 16 heavy (non-hydrogen) atoms. The predicted molar refractivity (Wildman–Crippen MR) is 62.7 cm³/mol. The Morgan fingerprint density at radius 2 is 2.12 bits per heavy atom. The predicted octanol–water partition coefficient (Wildman–Crippen LogP) is 1.92. The standard InChI is InChI=1S/C12H17FN2O/c1-9(14)7-8-12(16)15(2)11-6-4-3-5-10(11)13/h3-6,9H,7-8,14H2,1-2H3. The number of rotatable bonds is 4. The lowest BCUT2D eigenvalue weighted by atomic mass is 10.1. The van der Waals surface area contributed by atoms with Gasteiger partial charge in [0.1, 0.15) is 5.82 Å². The molecular weight excluding hydrogens is 207 g/mol. The van der Waals surface area contributed by atoms with Crippen LogP contribution in [0.5, 0.6) is 0 Å². The highest BCUT2D eigenvalue weighted by Gasteiger charge is 2.14. The van der Waals surface area contributed by atoms with E-state index >= 15 is 0 Å². The van der Waals surface area contributed by atoms with Crippen molar-refractivity contribution in [3.05, 3.63) is 30.1 Å². The van der Waals surface area contributed by atoms with E-state index in [1.807, 2.05) is 6.92 Å². The monoisotopic (exact) mass is 224 g/mol. The van der Waals surface area contributed by atoms with Crippen molar-refractivity contribution in [2.24, 2.45) is 5.73 Å². The Balaban J connectivity index is 2.67. The molecule has 0 fully saturated rings. The van der Waals surface area contributed by atoms with Crippen LogP contribution in [0.15, 0.2) is 24.3 Å². The molecule has 1 aromatic carbocycles. The summed E-state index contributed by atoms with van der Waals surface area (Å²) in [5.74, 6) is -0.512. The molecule has 1 amide bonds. The van der Waals surface area contributed by atoms with Gasteiger partial charge in [0.25, 0.3) is 0 Å². The van der Waals surface area contributed by atoms with Crippen LogP contribution in [0.25, 0.3) is 0 Å². The second kappa shape index (κ2) is 5.61. The molecule has 0 spiro atoms. The van der Waals surface area contributed by atoms with Gasteiger partial charge in [-0.25, -0.2) is 4.39 Å². The maximum Gasteiger partial charge on any atom is 0.226 e. The summed E-state index contributed by atoms with van der Waals surface area (Å²) in [6.07, 6.45) is 0.945. The van der Waals surface area contributed by atoms with Gasteiger partial charge in [-0.2, -0.15) is 0 Å². The summed E-state index contributed by atoms with van der Waals surface area (Å²) in [6, 6.07) is 6.20. The largest absolute Gasteiger partial charge is 0.328 e. The SMILES string of the molecule is CC(N)CCC(=O)N(C)c1ccccc1F. The zero-order chi connectivity index (χ0) is 12.1. The highest BCUT2D eigenvalue weighted by Crippen LogP contribution is 2.18. The topological polar surface area (TPSA) is 46.3 Å². The molecule has 1 aromatic rings.